The van der Waals surface area contributed by atoms with E-state index in [0.717, 1.165) is 92.2 Å². The number of nitrogens with one attached hydrogen (secondary N) is 4. The number of ether oxygens (including phenoxy) is 2. The highest BCUT2D eigenvalue weighted by Crippen LogP contribution is 2.42. The largest absolute Gasteiger partial charge is 0.510 e. The van der Waals surface area contributed by atoms with E-state index in [1.165, 1.54) is 62.3 Å². The molecule has 2 aliphatic heterocycles. The van der Waals surface area contributed by atoms with Crippen LogP contribution in [-0.2, 0) is 25.5 Å². The van der Waals surface area contributed by atoms with Crippen LogP contribution < -0.4 is 26.6 Å². The lowest BCUT2D eigenvalue weighted by molar-refractivity contribution is -0.143. The number of esters is 2. The Labute approximate surface area is 363 Å². The summed E-state index contributed by atoms with van der Waals surface area (Å²) in [5.74, 6) is -0.356. The van der Waals surface area contributed by atoms with Crippen LogP contribution >= 0.6 is 0 Å². The maximum absolute atomic E-state index is 13.6. The van der Waals surface area contributed by atoms with E-state index in [2.05, 4.69) is 100 Å². The third-order valence-corrected chi connectivity index (χ3v) is 14.1. The molecule has 61 heavy (non-hydrogen) atoms. The Hall–Kier alpha value is -4.92. The summed E-state index contributed by atoms with van der Waals surface area (Å²) < 4.78 is 11.2. The molecule has 9 nitrogen and oxygen atoms in total. The fraction of sp³-hybridized carbons (Fsp3) is 0.538. The first-order valence-corrected chi connectivity index (χ1v) is 23.0. The van der Waals surface area contributed by atoms with Crippen molar-refractivity contribution < 1.29 is 24.2 Å². The predicted molar refractivity (Wildman–Crippen MR) is 249 cm³/mol. The Morgan fingerprint density at radius 3 is 2.26 bits per heavy atom. The zero-order valence-electron chi connectivity index (χ0n) is 38.6. The van der Waals surface area contributed by atoms with Gasteiger partial charge in [-0.3, -0.25) is 9.59 Å². The van der Waals surface area contributed by atoms with Crippen LogP contribution in [0.15, 0.2) is 23.9 Å². The number of fused-ring (bicyclic) bond motifs is 8. The Morgan fingerprint density at radius 2 is 1.57 bits per heavy atom. The SMILES string of the molecule is C=Cc1c2[nH]c(c1C)/C=C1\NC(C3=c4[nH]c(c(C)c4=C(O)[C@@H]3C(=O)OC)/C=c3\[nH]/c(c(C)c3CC)=C\2)[C@@H](CCC(=O)OC/C=C(\C)CCC[C@H](C)CCC[C@H](C)CCC)[C@@H]1C. The maximum Gasteiger partial charge on any atom is 0.320 e. The molecule has 330 valence electrons. The Bertz CT molecular complexity index is 2440. The summed E-state index contributed by atoms with van der Waals surface area (Å²) in [7, 11) is 1.36. The average molecular weight is 833 g/mol. The lowest BCUT2D eigenvalue weighted by Gasteiger charge is -2.26. The molecule has 1 saturated heterocycles. The standard InChI is InChI=1S/C52H72N4O5/c1-12-17-29(4)18-15-19-30(5)20-16-21-31(6)24-25-61-45(57)23-22-38-34(9)41-26-39-32(7)36(13-2)43(53-39)27-40-33(8)37(14-3)44(54-40)28-42-35(10)46-50(56-42)47(49(38)55-41)48(51(46)58)52(59)60-11/h13,24,26-30,34,38,48-49,53-56,58H,2,12,14-23,25H2,1,3-11H3/b31-24+,40-27-,41-26-,44-28-/t29-,30-,34+,38+,48-,49?/m1/s1. The van der Waals surface area contributed by atoms with Crippen LogP contribution in [0.4, 0.5) is 0 Å². The van der Waals surface area contributed by atoms with Gasteiger partial charge in [0.2, 0.25) is 0 Å². The first-order chi connectivity index (χ1) is 29.2. The monoisotopic (exact) mass is 833 g/mol. The molecule has 0 saturated carbocycles. The van der Waals surface area contributed by atoms with Crippen LogP contribution in [0.5, 0.6) is 0 Å². The van der Waals surface area contributed by atoms with Crippen LogP contribution in [0.2, 0.25) is 0 Å². The number of aromatic nitrogens is 3. The van der Waals surface area contributed by atoms with Crippen molar-refractivity contribution in [3.63, 3.8) is 0 Å². The van der Waals surface area contributed by atoms with E-state index < -0.39 is 17.9 Å². The molecular weight excluding hydrogens is 761 g/mol. The molecule has 1 fully saturated rings. The number of H-pyrrole nitrogens is 3. The summed E-state index contributed by atoms with van der Waals surface area (Å²) in [4.78, 5) is 38.1. The van der Waals surface area contributed by atoms with Crippen LogP contribution in [0, 0.1) is 50.4 Å². The van der Waals surface area contributed by atoms with E-state index >= 15 is 0 Å². The fourth-order valence-corrected chi connectivity index (χ4v) is 10.3. The zero-order chi connectivity index (χ0) is 44.1. The Balaban J connectivity index is 1.28. The number of allylic oxidation sites excluding steroid dienone is 2. The van der Waals surface area contributed by atoms with Gasteiger partial charge in [0.25, 0.3) is 0 Å². The highest BCUT2D eigenvalue weighted by molar-refractivity contribution is 5.95. The van der Waals surface area contributed by atoms with Gasteiger partial charge >= 0.3 is 11.9 Å². The summed E-state index contributed by atoms with van der Waals surface area (Å²) in [6.07, 6.45) is 21.9. The van der Waals surface area contributed by atoms with Gasteiger partial charge in [0.1, 0.15) is 18.3 Å². The number of rotatable bonds is 18. The second kappa shape index (κ2) is 19.9. The number of carbonyl (C=O) groups is 2. The molecule has 5 heterocycles. The minimum atomic E-state index is -0.992. The normalized spacial score (nSPS) is 22.4. The van der Waals surface area contributed by atoms with E-state index in [1.807, 2.05) is 19.1 Å². The van der Waals surface area contributed by atoms with E-state index in [4.69, 9.17) is 9.47 Å². The topological polar surface area (TPSA) is 132 Å². The van der Waals surface area contributed by atoms with Crippen molar-refractivity contribution in [3.05, 3.63) is 90.1 Å². The fourth-order valence-electron chi connectivity index (χ4n) is 10.3. The van der Waals surface area contributed by atoms with Gasteiger partial charge in [-0.2, -0.15) is 0 Å². The van der Waals surface area contributed by atoms with Crippen LogP contribution in [0.25, 0.3) is 35.6 Å². The Morgan fingerprint density at radius 1 is 0.885 bits per heavy atom. The van der Waals surface area contributed by atoms with Gasteiger partial charge in [-0.25, -0.2) is 0 Å². The average Bonchev–Trinajstić information content (AvgIpc) is 3.97. The van der Waals surface area contributed by atoms with Gasteiger partial charge in [0.05, 0.1) is 18.5 Å². The van der Waals surface area contributed by atoms with Gasteiger partial charge < -0.3 is 34.8 Å². The second-order valence-electron chi connectivity index (χ2n) is 18.4. The lowest BCUT2D eigenvalue weighted by Crippen LogP contribution is -2.38. The predicted octanol–water partition coefficient (Wildman–Crippen LogP) is 8.34. The third kappa shape index (κ3) is 9.61. The minimum absolute atomic E-state index is 0.0158. The molecule has 3 aromatic rings. The number of hydrogen-bond acceptors (Lipinski definition) is 6. The van der Waals surface area contributed by atoms with Crippen LogP contribution in [-0.4, -0.2) is 51.8 Å². The number of hydrogen-bond donors (Lipinski definition) is 5. The number of methoxy groups -OCH3 is 1. The first kappa shape index (κ1) is 45.6. The molecule has 0 spiro atoms. The van der Waals surface area contributed by atoms with Gasteiger partial charge in [-0.1, -0.05) is 91.4 Å². The van der Waals surface area contributed by atoms with Crippen molar-refractivity contribution in [1.29, 1.82) is 0 Å². The van der Waals surface area contributed by atoms with Crippen molar-refractivity contribution in [2.24, 2.45) is 29.6 Å². The van der Waals surface area contributed by atoms with Gasteiger partial charge in [-0.05, 0) is 123 Å². The summed E-state index contributed by atoms with van der Waals surface area (Å²) in [5, 5.41) is 19.1. The summed E-state index contributed by atoms with van der Waals surface area (Å²) in [6, 6.07) is -0.393. The highest BCUT2D eigenvalue weighted by atomic mass is 16.5. The number of aliphatic hydroxyl groups excluding tert-OH is 1. The number of aromatic amines is 3. The maximum atomic E-state index is 13.6. The van der Waals surface area contributed by atoms with Gasteiger partial charge in [0, 0.05) is 56.6 Å². The van der Waals surface area contributed by atoms with Gasteiger partial charge in [-0.15, -0.1) is 0 Å². The smallest absolute Gasteiger partial charge is 0.320 e. The van der Waals surface area contributed by atoms with E-state index in [9.17, 15) is 14.7 Å². The molecule has 0 radical (unpaired) electrons. The molecule has 1 unspecified atom stereocenters. The minimum Gasteiger partial charge on any atom is -0.510 e. The molecule has 1 aliphatic carbocycles. The van der Waals surface area contributed by atoms with Crippen molar-refractivity contribution in [1.82, 2.24) is 20.3 Å². The van der Waals surface area contributed by atoms with Crippen molar-refractivity contribution in [3.8, 4) is 0 Å². The molecule has 5 N–H and O–H groups in total. The molecule has 3 aliphatic rings. The quantitative estimate of drug-likeness (QED) is 0.0647. The number of carbonyl (C=O) groups excluding carboxylic acids is 2. The molecule has 9 heteroatoms. The summed E-state index contributed by atoms with van der Waals surface area (Å²) in [6.45, 7) is 24.1. The first-order valence-electron chi connectivity index (χ1n) is 23.0. The van der Waals surface area contributed by atoms with E-state index in [0.29, 0.717) is 11.6 Å². The van der Waals surface area contributed by atoms with E-state index in [-0.39, 0.29) is 36.6 Å². The van der Waals surface area contributed by atoms with Gasteiger partial charge in [0.15, 0.2) is 0 Å². The summed E-state index contributed by atoms with van der Waals surface area (Å²) >= 11 is 0. The molecule has 3 aromatic heterocycles. The van der Waals surface area contributed by atoms with Crippen molar-refractivity contribution in [2.45, 2.75) is 139 Å². The molecule has 6 rings (SSSR count). The van der Waals surface area contributed by atoms with Crippen molar-refractivity contribution >= 4 is 47.6 Å². The van der Waals surface area contributed by atoms with Crippen LogP contribution in [0.3, 0.4) is 0 Å². The lowest BCUT2D eigenvalue weighted by atomic mass is 9.80. The zero-order valence-corrected chi connectivity index (χ0v) is 38.6. The van der Waals surface area contributed by atoms with Crippen LogP contribution in [0.1, 0.15) is 151 Å². The van der Waals surface area contributed by atoms with Crippen molar-refractivity contribution in [2.75, 3.05) is 13.7 Å². The third-order valence-electron chi connectivity index (χ3n) is 14.1. The molecule has 6 atom stereocenters. The molecule has 8 bridgehead atoms. The molecule has 0 aromatic carbocycles. The number of aliphatic hydroxyl groups is 1. The highest BCUT2D eigenvalue weighted by Gasteiger charge is 2.47. The molecule has 0 amide bonds. The molecular formula is C52H72N4O5. The Kier molecular flexibility index (Phi) is 14.8. The van der Waals surface area contributed by atoms with E-state index in [1.54, 1.807) is 0 Å². The summed E-state index contributed by atoms with van der Waals surface area (Å²) in [5.41, 5.74) is 11.1. The second-order valence-corrected chi connectivity index (χ2v) is 18.4.